The molecule has 20 heavy (non-hydrogen) atoms. The number of carbonyl (C=O) groups excluding carboxylic acids is 1. The van der Waals surface area contributed by atoms with Crippen molar-refractivity contribution in [2.75, 3.05) is 13.2 Å². The molecule has 0 unspecified atom stereocenters. The molecule has 3 N–H and O–H groups in total. The molecule has 1 amide bonds. The van der Waals surface area contributed by atoms with Gasteiger partial charge in [-0.3, -0.25) is 4.79 Å². The minimum Gasteiger partial charge on any atom is -0.482 e. The van der Waals surface area contributed by atoms with Crippen LogP contribution in [-0.4, -0.2) is 41.3 Å². The largest absolute Gasteiger partial charge is 0.482 e. The van der Waals surface area contributed by atoms with Crippen molar-refractivity contribution in [3.8, 4) is 5.75 Å². The van der Waals surface area contributed by atoms with Crippen LogP contribution < -0.4 is 10.1 Å². The van der Waals surface area contributed by atoms with Gasteiger partial charge in [0, 0.05) is 13.0 Å². The lowest BCUT2D eigenvalue weighted by atomic mass is 10.2. The van der Waals surface area contributed by atoms with Gasteiger partial charge in [-0.15, -0.1) is 0 Å². The number of hydrogen-bond donors (Lipinski definition) is 3. The van der Waals surface area contributed by atoms with Crippen LogP contribution in [0.4, 0.5) is 4.39 Å². The molecule has 0 aliphatic rings. The molecular formula is C12H13ClFNO5. The Morgan fingerprint density at radius 3 is 2.75 bits per heavy atom. The summed E-state index contributed by atoms with van der Waals surface area (Å²) in [6, 6.07) is 3.49. The molecule has 1 atom stereocenters. The van der Waals surface area contributed by atoms with Gasteiger partial charge in [0.1, 0.15) is 11.6 Å². The first-order chi connectivity index (χ1) is 9.40. The van der Waals surface area contributed by atoms with Crippen LogP contribution >= 0.6 is 11.6 Å². The Hall–Kier alpha value is -1.86. The van der Waals surface area contributed by atoms with Crippen molar-refractivity contribution in [2.24, 2.45) is 0 Å². The van der Waals surface area contributed by atoms with Crippen LogP contribution in [0.5, 0.6) is 5.75 Å². The van der Waals surface area contributed by atoms with Gasteiger partial charge in [-0.2, -0.15) is 0 Å². The quantitative estimate of drug-likeness (QED) is 0.693. The maximum atomic E-state index is 12.8. The summed E-state index contributed by atoms with van der Waals surface area (Å²) in [6.45, 7) is -0.360. The molecule has 0 heterocycles. The average Bonchev–Trinajstić information content (AvgIpc) is 2.37. The number of aliphatic carboxylic acids is 1. The lowest BCUT2D eigenvalue weighted by Gasteiger charge is -2.09. The van der Waals surface area contributed by atoms with E-state index in [0.717, 1.165) is 12.1 Å². The number of aliphatic hydroxyl groups excluding tert-OH is 1. The molecule has 8 heteroatoms. The maximum absolute atomic E-state index is 12.8. The number of nitrogens with one attached hydrogen (secondary N) is 1. The summed E-state index contributed by atoms with van der Waals surface area (Å²) in [5.74, 6) is -2.22. The van der Waals surface area contributed by atoms with Crippen LogP contribution in [0.1, 0.15) is 6.42 Å². The Kier molecular flexibility index (Phi) is 6.20. The molecule has 0 saturated heterocycles. The number of amides is 1. The molecule has 0 aromatic heterocycles. The van der Waals surface area contributed by atoms with Crippen molar-refractivity contribution in [1.82, 2.24) is 5.32 Å². The zero-order chi connectivity index (χ0) is 15.1. The fourth-order valence-corrected chi connectivity index (χ4v) is 1.48. The molecule has 0 saturated carbocycles. The van der Waals surface area contributed by atoms with Gasteiger partial charge in [-0.05, 0) is 18.2 Å². The van der Waals surface area contributed by atoms with Gasteiger partial charge in [-0.1, -0.05) is 11.6 Å². The van der Waals surface area contributed by atoms with Crippen molar-refractivity contribution < 1.29 is 28.9 Å². The number of hydrogen-bond acceptors (Lipinski definition) is 4. The molecular weight excluding hydrogens is 293 g/mol. The molecule has 0 radical (unpaired) electrons. The molecule has 110 valence electrons. The van der Waals surface area contributed by atoms with E-state index in [1.54, 1.807) is 0 Å². The zero-order valence-electron chi connectivity index (χ0n) is 10.3. The number of ether oxygens (including phenoxy) is 1. The van der Waals surface area contributed by atoms with Crippen molar-refractivity contribution >= 4 is 23.5 Å². The summed E-state index contributed by atoms with van der Waals surface area (Å²) in [7, 11) is 0. The van der Waals surface area contributed by atoms with E-state index in [9.17, 15) is 14.0 Å². The van der Waals surface area contributed by atoms with Gasteiger partial charge < -0.3 is 20.3 Å². The summed E-state index contributed by atoms with van der Waals surface area (Å²) < 4.78 is 17.8. The minimum absolute atomic E-state index is 0.00713. The summed E-state index contributed by atoms with van der Waals surface area (Å²) in [5.41, 5.74) is 0. The highest BCUT2D eigenvalue weighted by molar-refractivity contribution is 6.32. The Morgan fingerprint density at radius 2 is 2.15 bits per heavy atom. The molecule has 0 aliphatic carbocycles. The first-order valence-corrected chi connectivity index (χ1v) is 6.03. The summed E-state index contributed by atoms with van der Waals surface area (Å²) >= 11 is 5.70. The summed E-state index contributed by atoms with van der Waals surface area (Å²) in [6.07, 6.45) is -1.64. The van der Waals surface area contributed by atoms with Crippen LogP contribution in [0.3, 0.4) is 0 Å². The molecule has 6 nitrogen and oxygen atoms in total. The average molecular weight is 306 g/mol. The number of carboxylic acid groups (broad SMARTS) is 1. The highest BCUT2D eigenvalue weighted by atomic mass is 35.5. The van der Waals surface area contributed by atoms with Crippen molar-refractivity contribution in [3.63, 3.8) is 0 Å². The van der Waals surface area contributed by atoms with E-state index in [-0.39, 0.29) is 30.3 Å². The number of halogens is 2. The van der Waals surface area contributed by atoms with Crippen molar-refractivity contribution in [3.05, 3.63) is 29.0 Å². The lowest BCUT2D eigenvalue weighted by molar-refractivity contribution is -0.147. The van der Waals surface area contributed by atoms with Crippen LogP contribution in [0.15, 0.2) is 18.2 Å². The second-order valence-corrected chi connectivity index (χ2v) is 4.26. The van der Waals surface area contributed by atoms with Gasteiger partial charge in [0.2, 0.25) is 0 Å². The van der Waals surface area contributed by atoms with E-state index in [1.807, 2.05) is 0 Å². The summed E-state index contributed by atoms with van der Waals surface area (Å²) in [4.78, 5) is 21.7. The van der Waals surface area contributed by atoms with Gasteiger partial charge in [0.05, 0.1) is 5.02 Å². The Morgan fingerprint density at radius 1 is 1.45 bits per heavy atom. The van der Waals surface area contributed by atoms with Crippen LogP contribution in [0.2, 0.25) is 5.02 Å². The van der Waals surface area contributed by atoms with E-state index >= 15 is 0 Å². The van der Waals surface area contributed by atoms with Gasteiger partial charge in [0.15, 0.2) is 12.7 Å². The zero-order valence-corrected chi connectivity index (χ0v) is 11.1. The van der Waals surface area contributed by atoms with Gasteiger partial charge >= 0.3 is 5.97 Å². The smallest absolute Gasteiger partial charge is 0.332 e. The molecule has 0 bridgehead atoms. The van der Waals surface area contributed by atoms with E-state index in [4.69, 9.17) is 26.6 Å². The standard InChI is InChI=1S/C12H13ClFNO5/c13-8-5-7(14)1-2-10(8)20-6-11(17)15-4-3-9(16)12(18)19/h1-2,5,9,16H,3-4,6H2,(H,15,17)(H,18,19)/t9-/m0/s1. The van der Waals surface area contributed by atoms with E-state index in [2.05, 4.69) is 5.32 Å². The first kappa shape index (κ1) is 16.2. The fraction of sp³-hybridized carbons (Fsp3) is 0.333. The molecule has 1 aromatic rings. The second-order valence-electron chi connectivity index (χ2n) is 3.86. The summed E-state index contributed by atoms with van der Waals surface area (Å²) in [5, 5.41) is 19.8. The molecule has 1 aromatic carbocycles. The Balaban J connectivity index is 2.31. The van der Waals surface area contributed by atoms with E-state index in [0.29, 0.717) is 0 Å². The van der Waals surface area contributed by atoms with Crippen LogP contribution in [0, 0.1) is 5.82 Å². The topological polar surface area (TPSA) is 95.9 Å². The SMILES string of the molecule is O=C(COc1ccc(F)cc1Cl)NCC[C@H](O)C(=O)O. The third kappa shape index (κ3) is 5.41. The normalized spacial score (nSPS) is 11.8. The van der Waals surface area contributed by atoms with Gasteiger partial charge in [-0.25, -0.2) is 9.18 Å². The Labute approximate surface area is 119 Å². The molecule has 0 fully saturated rings. The maximum Gasteiger partial charge on any atom is 0.332 e. The van der Waals surface area contributed by atoms with E-state index in [1.165, 1.54) is 6.07 Å². The third-order valence-corrected chi connectivity index (χ3v) is 2.57. The predicted molar refractivity (Wildman–Crippen MR) is 68.2 cm³/mol. The highest BCUT2D eigenvalue weighted by Gasteiger charge is 2.13. The molecule has 0 aliphatic heterocycles. The van der Waals surface area contributed by atoms with Gasteiger partial charge in [0.25, 0.3) is 5.91 Å². The minimum atomic E-state index is -1.53. The molecule has 0 spiro atoms. The molecule has 1 rings (SSSR count). The number of carboxylic acids is 1. The van der Waals surface area contributed by atoms with Crippen LogP contribution in [0.25, 0.3) is 0 Å². The Bertz CT molecular complexity index is 497. The third-order valence-electron chi connectivity index (χ3n) is 2.28. The number of carbonyl (C=O) groups is 2. The van der Waals surface area contributed by atoms with Crippen LogP contribution in [-0.2, 0) is 9.59 Å². The number of rotatable bonds is 7. The second kappa shape index (κ2) is 7.66. The first-order valence-electron chi connectivity index (χ1n) is 5.65. The number of benzene rings is 1. The highest BCUT2D eigenvalue weighted by Crippen LogP contribution is 2.24. The monoisotopic (exact) mass is 305 g/mol. The van der Waals surface area contributed by atoms with E-state index < -0.39 is 23.8 Å². The lowest BCUT2D eigenvalue weighted by Crippen LogP contribution is -2.33. The number of aliphatic hydroxyl groups is 1. The van der Waals surface area contributed by atoms with Crippen molar-refractivity contribution in [2.45, 2.75) is 12.5 Å². The van der Waals surface area contributed by atoms with Crippen molar-refractivity contribution in [1.29, 1.82) is 0 Å². The fourth-order valence-electron chi connectivity index (χ4n) is 1.26. The predicted octanol–water partition coefficient (Wildman–Crippen LogP) is 0.810.